The molecule has 4 aromatic rings. The Balaban J connectivity index is 1.66. The van der Waals surface area contributed by atoms with E-state index in [2.05, 4.69) is 9.84 Å². The number of ether oxygens (including phenoxy) is 3. The maximum Gasteiger partial charge on any atom is 0.343 e. The first kappa shape index (κ1) is 20.2. The third kappa shape index (κ3) is 4.00. The van der Waals surface area contributed by atoms with Crippen molar-refractivity contribution in [2.75, 3.05) is 13.7 Å². The Bertz CT molecular complexity index is 1310. The lowest BCUT2D eigenvalue weighted by atomic mass is 10.1. The second kappa shape index (κ2) is 8.35. The van der Waals surface area contributed by atoms with E-state index in [0.29, 0.717) is 33.8 Å². The number of aromatic nitrogens is 2. The maximum absolute atomic E-state index is 13.1. The van der Waals surface area contributed by atoms with E-state index in [1.54, 1.807) is 36.9 Å². The third-order valence-corrected chi connectivity index (χ3v) is 4.75. The van der Waals surface area contributed by atoms with E-state index >= 15 is 0 Å². The summed E-state index contributed by atoms with van der Waals surface area (Å²) in [6.45, 7) is 3.17. The average Bonchev–Trinajstić information content (AvgIpc) is 3.26. The first-order chi connectivity index (χ1) is 15.0. The van der Waals surface area contributed by atoms with Crippen molar-refractivity contribution in [1.82, 2.24) is 9.78 Å². The summed E-state index contributed by atoms with van der Waals surface area (Å²) in [5.41, 5.74) is 1.53. The maximum atomic E-state index is 13.1. The molecule has 0 radical (unpaired) electrons. The molecular formula is C23H20N2O6. The van der Waals surface area contributed by atoms with Crippen molar-refractivity contribution >= 4 is 16.9 Å². The largest absolute Gasteiger partial charge is 0.481 e. The van der Waals surface area contributed by atoms with Gasteiger partial charge in [-0.15, -0.1) is 0 Å². The Hall–Kier alpha value is -4.07. The Morgan fingerprint density at radius 1 is 1.13 bits per heavy atom. The summed E-state index contributed by atoms with van der Waals surface area (Å²) in [6, 6.07) is 12.8. The zero-order chi connectivity index (χ0) is 22.0. The quantitative estimate of drug-likeness (QED) is 0.436. The van der Waals surface area contributed by atoms with Crippen LogP contribution in [0, 0.1) is 13.8 Å². The number of fused-ring (bicyclic) bond motifs is 1. The van der Waals surface area contributed by atoms with E-state index in [0.717, 1.165) is 5.69 Å². The van der Waals surface area contributed by atoms with Crippen LogP contribution in [0.1, 0.15) is 11.3 Å². The SMILES string of the molecule is COC(=O)COc1ccc2c(=O)c(Oc3cnn(-c4ccccc4)c3)c(C)oc2c1C. The van der Waals surface area contributed by atoms with Gasteiger partial charge in [0.1, 0.15) is 17.1 Å². The first-order valence-electron chi connectivity index (χ1n) is 9.52. The number of para-hydroxylation sites is 1. The van der Waals surface area contributed by atoms with Gasteiger partial charge in [0.05, 0.1) is 30.6 Å². The van der Waals surface area contributed by atoms with Crippen LogP contribution in [0.2, 0.25) is 0 Å². The van der Waals surface area contributed by atoms with E-state index in [1.807, 2.05) is 30.3 Å². The predicted molar refractivity (Wildman–Crippen MR) is 113 cm³/mol. The van der Waals surface area contributed by atoms with Gasteiger partial charge in [-0.2, -0.15) is 5.10 Å². The highest BCUT2D eigenvalue weighted by Crippen LogP contribution is 2.31. The van der Waals surface area contributed by atoms with Gasteiger partial charge in [-0.3, -0.25) is 4.79 Å². The van der Waals surface area contributed by atoms with Crippen LogP contribution in [-0.4, -0.2) is 29.5 Å². The van der Waals surface area contributed by atoms with E-state index in [4.69, 9.17) is 13.9 Å². The normalized spacial score (nSPS) is 10.8. The fraction of sp³-hybridized carbons (Fsp3) is 0.174. The molecule has 0 aliphatic rings. The molecule has 2 heterocycles. The van der Waals surface area contributed by atoms with E-state index in [9.17, 15) is 9.59 Å². The molecule has 0 aliphatic heterocycles. The molecule has 0 aliphatic carbocycles. The van der Waals surface area contributed by atoms with Crippen molar-refractivity contribution in [3.05, 3.63) is 76.4 Å². The molecule has 4 rings (SSSR count). The van der Waals surface area contributed by atoms with Crippen molar-refractivity contribution in [3.8, 4) is 22.9 Å². The first-order valence-corrected chi connectivity index (χ1v) is 9.52. The minimum atomic E-state index is -0.503. The van der Waals surface area contributed by atoms with Crippen LogP contribution in [0.4, 0.5) is 0 Å². The molecule has 0 N–H and O–H groups in total. The molecule has 0 unspecified atom stereocenters. The van der Waals surface area contributed by atoms with Crippen LogP contribution in [0.15, 0.2) is 64.1 Å². The van der Waals surface area contributed by atoms with Gasteiger partial charge in [-0.1, -0.05) is 18.2 Å². The Labute approximate surface area is 177 Å². The Morgan fingerprint density at radius 2 is 1.90 bits per heavy atom. The number of hydrogen-bond acceptors (Lipinski definition) is 7. The van der Waals surface area contributed by atoms with E-state index in [1.165, 1.54) is 13.3 Å². The van der Waals surface area contributed by atoms with Crippen molar-refractivity contribution in [3.63, 3.8) is 0 Å². The molecule has 0 fully saturated rings. The van der Waals surface area contributed by atoms with Gasteiger partial charge in [0.15, 0.2) is 12.4 Å². The van der Waals surface area contributed by atoms with Crippen molar-refractivity contribution in [2.45, 2.75) is 13.8 Å². The van der Waals surface area contributed by atoms with Gasteiger partial charge in [0.25, 0.3) is 0 Å². The van der Waals surface area contributed by atoms with Gasteiger partial charge >= 0.3 is 5.97 Å². The summed E-state index contributed by atoms with van der Waals surface area (Å²) in [4.78, 5) is 24.4. The van der Waals surface area contributed by atoms with Crippen molar-refractivity contribution in [1.29, 1.82) is 0 Å². The monoisotopic (exact) mass is 420 g/mol. The number of benzene rings is 2. The van der Waals surface area contributed by atoms with Crippen LogP contribution < -0.4 is 14.9 Å². The standard InChI is InChI=1S/C23H20N2O6/c1-14-19(29-13-20(26)28-3)10-9-18-21(27)23(15(2)30-22(14)18)31-17-11-24-25(12-17)16-7-5-4-6-8-16/h4-12H,13H2,1-3H3. The number of hydrogen-bond donors (Lipinski definition) is 0. The number of rotatable bonds is 6. The Morgan fingerprint density at radius 3 is 2.65 bits per heavy atom. The molecule has 158 valence electrons. The second-order valence-corrected chi connectivity index (χ2v) is 6.80. The topological polar surface area (TPSA) is 92.8 Å². The Kier molecular flexibility index (Phi) is 5.44. The highest BCUT2D eigenvalue weighted by molar-refractivity contribution is 5.83. The summed E-state index contributed by atoms with van der Waals surface area (Å²) in [5.74, 6) is 0.740. The molecule has 0 atom stereocenters. The van der Waals surface area contributed by atoms with Crippen molar-refractivity contribution in [2.24, 2.45) is 0 Å². The number of methoxy groups -OCH3 is 1. The molecule has 0 amide bonds. The van der Waals surface area contributed by atoms with Gasteiger partial charge in [-0.05, 0) is 38.1 Å². The fourth-order valence-electron chi connectivity index (χ4n) is 3.13. The molecule has 0 saturated carbocycles. The predicted octanol–water partition coefficient (Wildman–Crippen LogP) is 3.94. The van der Waals surface area contributed by atoms with Crippen LogP contribution in [0.5, 0.6) is 17.2 Å². The molecule has 2 aromatic heterocycles. The summed E-state index contributed by atoms with van der Waals surface area (Å²) in [5, 5.41) is 4.62. The van der Waals surface area contributed by atoms with Gasteiger partial charge < -0.3 is 18.6 Å². The van der Waals surface area contributed by atoms with Crippen LogP contribution in [0.3, 0.4) is 0 Å². The van der Waals surface area contributed by atoms with Crippen molar-refractivity contribution < 1.29 is 23.4 Å². The van der Waals surface area contributed by atoms with Gasteiger partial charge in [0, 0.05) is 5.56 Å². The minimum Gasteiger partial charge on any atom is -0.481 e. The molecule has 31 heavy (non-hydrogen) atoms. The smallest absolute Gasteiger partial charge is 0.343 e. The molecule has 8 heteroatoms. The number of carbonyl (C=O) groups is 1. The number of aryl methyl sites for hydroxylation is 2. The zero-order valence-electron chi connectivity index (χ0n) is 17.2. The van der Waals surface area contributed by atoms with Gasteiger partial charge in [0.2, 0.25) is 11.2 Å². The molecule has 2 aromatic carbocycles. The minimum absolute atomic E-state index is 0.0859. The lowest BCUT2D eigenvalue weighted by Gasteiger charge is -2.12. The molecule has 0 bridgehead atoms. The van der Waals surface area contributed by atoms with Gasteiger partial charge in [-0.25, -0.2) is 9.48 Å². The van der Waals surface area contributed by atoms with Crippen LogP contribution >= 0.6 is 0 Å². The van der Waals surface area contributed by atoms with Crippen LogP contribution in [0.25, 0.3) is 16.7 Å². The summed E-state index contributed by atoms with van der Waals surface area (Å²) >= 11 is 0. The van der Waals surface area contributed by atoms with E-state index in [-0.39, 0.29) is 17.8 Å². The molecular weight excluding hydrogens is 400 g/mol. The average molecular weight is 420 g/mol. The zero-order valence-corrected chi connectivity index (χ0v) is 17.2. The summed E-state index contributed by atoms with van der Waals surface area (Å²) in [7, 11) is 1.28. The van der Waals surface area contributed by atoms with E-state index < -0.39 is 5.97 Å². The number of nitrogens with zero attached hydrogens (tertiary/aromatic N) is 2. The summed E-state index contributed by atoms with van der Waals surface area (Å²) in [6.07, 6.45) is 3.22. The lowest BCUT2D eigenvalue weighted by Crippen LogP contribution is -2.13. The second-order valence-electron chi connectivity index (χ2n) is 6.80. The number of esters is 1. The molecule has 0 saturated heterocycles. The highest BCUT2D eigenvalue weighted by atomic mass is 16.6. The third-order valence-electron chi connectivity index (χ3n) is 4.75. The van der Waals surface area contributed by atoms with Crippen LogP contribution in [-0.2, 0) is 9.53 Å². The molecule has 8 nitrogen and oxygen atoms in total. The molecule has 0 spiro atoms. The highest BCUT2D eigenvalue weighted by Gasteiger charge is 2.18. The summed E-state index contributed by atoms with van der Waals surface area (Å²) < 4.78 is 23.4. The fourth-order valence-corrected chi connectivity index (χ4v) is 3.13. The number of carbonyl (C=O) groups excluding carboxylic acids is 1. The lowest BCUT2D eigenvalue weighted by molar-refractivity contribution is -0.142.